The van der Waals surface area contributed by atoms with Gasteiger partial charge in [-0.2, -0.15) is 13.2 Å². The highest BCUT2D eigenvalue weighted by molar-refractivity contribution is 8.00. The Balaban J connectivity index is 2.79. The van der Waals surface area contributed by atoms with Crippen LogP contribution in [0.5, 0.6) is 0 Å². The maximum absolute atomic E-state index is 12.5. The van der Waals surface area contributed by atoms with Crippen LogP contribution >= 0.6 is 11.8 Å². The monoisotopic (exact) mass is 302 g/mol. The maximum atomic E-state index is 12.5. The lowest BCUT2D eigenvalue weighted by Crippen LogP contribution is -2.31. The fourth-order valence-electron chi connectivity index (χ4n) is 1.36. The quantitative estimate of drug-likeness (QED) is 0.510. The van der Waals surface area contributed by atoms with E-state index in [4.69, 9.17) is 12.2 Å². The summed E-state index contributed by atoms with van der Waals surface area (Å²) in [6.45, 7) is 1.72. The number of nitrogen functional groups attached to an aromatic ring is 1. The van der Waals surface area contributed by atoms with Crippen molar-refractivity contribution >= 4 is 23.4 Å². The zero-order chi connectivity index (χ0) is 15.3. The van der Waals surface area contributed by atoms with Crippen molar-refractivity contribution in [3.63, 3.8) is 0 Å². The van der Waals surface area contributed by atoms with Crippen molar-refractivity contribution in [2.75, 3.05) is 12.3 Å². The van der Waals surface area contributed by atoms with E-state index in [9.17, 15) is 18.0 Å². The Morgan fingerprint density at radius 2 is 2.20 bits per heavy atom. The Labute approximate surface area is 119 Å². The minimum Gasteiger partial charge on any atom is -0.398 e. The molecule has 3 N–H and O–H groups in total. The number of nitrogens with one attached hydrogen (secondary N) is 1. The van der Waals surface area contributed by atoms with Crippen LogP contribution in [0.15, 0.2) is 23.1 Å². The van der Waals surface area contributed by atoms with Crippen molar-refractivity contribution in [2.45, 2.75) is 23.2 Å². The average Bonchev–Trinajstić information content (AvgIpc) is 2.36. The fraction of sp³-hybridized carbons (Fsp3) is 0.308. The number of alkyl halides is 3. The van der Waals surface area contributed by atoms with Gasteiger partial charge in [0, 0.05) is 10.6 Å². The van der Waals surface area contributed by atoms with Gasteiger partial charge in [0.15, 0.2) is 0 Å². The molecule has 20 heavy (non-hydrogen) atoms. The first-order valence-electron chi connectivity index (χ1n) is 5.60. The fourth-order valence-corrected chi connectivity index (χ4v) is 2.27. The first-order chi connectivity index (χ1) is 9.25. The third-order valence-electron chi connectivity index (χ3n) is 2.37. The second-order valence-electron chi connectivity index (χ2n) is 3.93. The molecule has 0 spiro atoms. The molecule has 1 atom stereocenters. The number of hydrogen-bond donors (Lipinski definition) is 2. The molecule has 0 aliphatic carbocycles. The summed E-state index contributed by atoms with van der Waals surface area (Å²) in [5, 5.41) is 1.98. The highest BCUT2D eigenvalue weighted by Crippen LogP contribution is 2.35. The lowest BCUT2D eigenvalue weighted by molar-refractivity contribution is -0.137. The second-order valence-corrected chi connectivity index (χ2v) is 5.32. The summed E-state index contributed by atoms with van der Waals surface area (Å²) >= 11 is 1.08. The van der Waals surface area contributed by atoms with Gasteiger partial charge in [-0.15, -0.1) is 18.2 Å². The van der Waals surface area contributed by atoms with Gasteiger partial charge in [-0.3, -0.25) is 4.79 Å². The van der Waals surface area contributed by atoms with Gasteiger partial charge in [-0.1, -0.05) is 5.92 Å². The molecule has 108 valence electrons. The van der Waals surface area contributed by atoms with Gasteiger partial charge in [0.05, 0.1) is 17.4 Å². The molecule has 1 unspecified atom stereocenters. The topological polar surface area (TPSA) is 55.1 Å². The van der Waals surface area contributed by atoms with Crippen LogP contribution < -0.4 is 11.1 Å². The summed E-state index contributed by atoms with van der Waals surface area (Å²) in [4.78, 5) is 12.0. The highest BCUT2D eigenvalue weighted by atomic mass is 32.2. The number of carbonyl (C=O) groups excluding carboxylic acids is 1. The largest absolute Gasteiger partial charge is 0.416 e. The molecule has 1 aromatic rings. The van der Waals surface area contributed by atoms with Crippen molar-refractivity contribution in [3.05, 3.63) is 23.8 Å². The summed E-state index contributed by atoms with van der Waals surface area (Å²) in [6.07, 6.45) is 0.576. The van der Waals surface area contributed by atoms with Crippen LogP contribution in [0.1, 0.15) is 12.5 Å². The Morgan fingerprint density at radius 1 is 1.55 bits per heavy atom. The molecule has 0 bridgehead atoms. The third-order valence-corrected chi connectivity index (χ3v) is 3.57. The van der Waals surface area contributed by atoms with Crippen LogP contribution in [-0.2, 0) is 11.0 Å². The minimum atomic E-state index is -4.44. The molecule has 1 amide bonds. The number of benzene rings is 1. The van der Waals surface area contributed by atoms with Crippen molar-refractivity contribution in [2.24, 2.45) is 0 Å². The summed E-state index contributed by atoms with van der Waals surface area (Å²) < 4.78 is 37.5. The number of amides is 1. The molecule has 0 saturated carbocycles. The van der Waals surface area contributed by atoms with Crippen molar-refractivity contribution in [1.82, 2.24) is 5.32 Å². The Kier molecular flexibility index (Phi) is 5.34. The van der Waals surface area contributed by atoms with E-state index in [-0.39, 0.29) is 18.1 Å². The van der Waals surface area contributed by atoms with Gasteiger partial charge in [0.2, 0.25) is 5.91 Å². The second kappa shape index (κ2) is 6.57. The van der Waals surface area contributed by atoms with Crippen LogP contribution in [0.4, 0.5) is 18.9 Å². The number of hydrogen-bond acceptors (Lipinski definition) is 3. The molecular formula is C13H13F3N2OS. The Morgan fingerprint density at radius 3 is 2.70 bits per heavy atom. The Hall–Kier alpha value is -1.81. The zero-order valence-electron chi connectivity index (χ0n) is 10.6. The van der Waals surface area contributed by atoms with E-state index < -0.39 is 17.0 Å². The molecule has 0 heterocycles. The van der Waals surface area contributed by atoms with E-state index >= 15 is 0 Å². The lowest BCUT2D eigenvalue weighted by atomic mass is 10.2. The van der Waals surface area contributed by atoms with Gasteiger partial charge >= 0.3 is 6.18 Å². The van der Waals surface area contributed by atoms with E-state index in [0.717, 1.165) is 23.9 Å². The van der Waals surface area contributed by atoms with Crippen LogP contribution in [0.2, 0.25) is 0 Å². The number of carbonyl (C=O) groups is 1. The first-order valence-corrected chi connectivity index (χ1v) is 6.48. The molecule has 1 rings (SSSR count). The van der Waals surface area contributed by atoms with Crippen LogP contribution in [0, 0.1) is 12.3 Å². The molecule has 0 radical (unpaired) electrons. The SMILES string of the molecule is C#CCNC(=O)C(C)Sc1ccc(C(F)(F)F)cc1N. The number of terminal acetylenes is 1. The number of rotatable bonds is 4. The van der Waals surface area contributed by atoms with Gasteiger partial charge in [0.1, 0.15) is 0 Å². The number of halogens is 3. The molecule has 0 aliphatic rings. The van der Waals surface area contributed by atoms with Crippen molar-refractivity contribution < 1.29 is 18.0 Å². The zero-order valence-corrected chi connectivity index (χ0v) is 11.4. The standard InChI is InChI=1S/C13H13F3N2OS/c1-3-6-18-12(19)8(2)20-11-5-4-9(7-10(11)17)13(14,15)16/h1,4-5,7-8H,6,17H2,2H3,(H,18,19). The summed E-state index contributed by atoms with van der Waals surface area (Å²) in [5.41, 5.74) is 4.75. The average molecular weight is 302 g/mol. The van der Waals surface area contributed by atoms with Gasteiger partial charge in [-0.25, -0.2) is 0 Å². The van der Waals surface area contributed by atoms with Crippen LogP contribution in [0.3, 0.4) is 0 Å². The number of nitrogens with two attached hydrogens (primary N) is 1. The number of anilines is 1. The summed E-state index contributed by atoms with van der Waals surface area (Å²) in [5.74, 6) is 1.96. The molecule has 0 saturated heterocycles. The van der Waals surface area contributed by atoms with Gasteiger partial charge in [-0.05, 0) is 25.1 Å². The lowest BCUT2D eigenvalue weighted by Gasteiger charge is -2.14. The third kappa shape index (κ3) is 4.38. The molecule has 0 aliphatic heterocycles. The van der Waals surface area contributed by atoms with E-state index in [1.54, 1.807) is 6.92 Å². The predicted molar refractivity (Wildman–Crippen MR) is 73.0 cm³/mol. The molecule has 0 aromatic heterocycles. The number of thioether (sulfide) groups is 1. The van der Waals surface area contributed by atoms with Crippen molar-refractivity contribution in [1.29, 1.82) is 0 Å². The van der Waals surface area contributed by atoms with Gasteiger partial charge < -0.3 is 11.1 Å². The molecular weight excluding hydrogens is 289 g/mol. The van der Waals surface area contributed by atoms with E-state index in [0.29, 0.717) is 4.90 Å². The smallest absolute Gasteiger partial charge is 0.398 e. The van der Waals surface area contributed by atoms with Crippen LogP contribution in [0.25, 0.3) is 0 Å². The highest BCUT2D eigenvalue weighted by Gasteiger charge is 2.31. The van der Waals surface area contributed by atoms with Crippen molar-refractivity contribution in [3.8, 4) is 12.3 Å². The summed E-state index contributed by atoms with van der Waals surface area (Å²) in [6, 6.07) is 3.05. The Bertz CT molecular complexity index is 537. The minimum absolute atomic E-state index is 0.0126. The molecule has 1 aromatic carbocycles. The maximum Gasteiger partial charge on any atom is 0.416 e. The van der Waals surface area contributed by atoms with E-state index in [1.807, 2.05) is 0 Å². The molecule has 7 heteroatoms. The summed E-state index contributed by atoms with van der Waals surface area (Å²) in [7, 11) is 0. The van der Waals surface area contributed by atoms with E-state index in [1.165, 1.54) is 6.07 Å². The molecule has 3 nitrogen and oxygen atoms in total. The van der Waals surface area contributed by atoms with Crippen LogP contribution in [-0.4, -0.2) is 17.7 Å². The normalized spacial score (nSPS) is 12.6. The first kappa shape index (κ1) is 16.2. The predicted octanol–water partition coefficient (Wildman–Crippen LogP) is 2.52. The van der Waals surface area contributed by atoms with E-state index in [2.05, 4.69) is 11.2 Å². The van der Waals surface area contributed by atoms with Gasteiger partial charge in [0.25, 0.3) is 0 Å². The molecule has 0 fully saturated rings.